The van der Waals surface area contributed by atoms with Crippen molar-refractivity contribution in [2.45, 2.75) is 31.1 Å². The lowest BCUT2D eigenvalue weighted by Crippen LogP contribution is -2.02. The molecule has 13 heavy (non-hydrogen) atoms. The second kappa shape index (κ2) is 3.66. The Bertz CT molecular complexity index is 284. The van der Waals surface area contributed by atoms with E-state index in [4.69, 9.17) is 11.6 Å². The summed E-state index contributed by atoms with van der Waals surface area (Å²) in [6.07, 6.45) is 6.42. The van der Waals surface area contributed by atoms with Crippen molar-refractivity contribution < 1.29 is 0 Å². The van der Waals surface area contributed by atoms with E-state index < -0.39 is 0 Å². The number of aryl methyl sites for hydroxylation is 1. The van der Waals surface area contributed by atoms with Gasteiger partial charge in [0.2, 0.25) is 0 Å². The van der Waals surface area contributed by atoms with Gasteiger partial charge in [-0.1, -0.05) is 0 Å². The van der Waals surface area contributed by atoms with Crippen molar-refractivity contribution in [3.63, 3.8) is 0 Å². The van der Waals surface area contributed by atoms with Crippen LogP contribution in [0.1, 0.15) is 25.0 Å². The zero-order valence-corrected chi connectivity index (χ0v) is 8.54. The molecule has 1 aliphatic carbocycles. The second-order valence-electron chi connectivity index (χ2n) is 3.81. The summed E-state index contributed by atoms with van der Waals surface area (Å²) in [5, 5.41) is 8.70. The van der Waals surface area contributed by atoms with Crippen LogP contribution in [-0.4, -0.2) is 20.4 Å². The summed E-state index contributed by atoms with van der Waals surface area (Å²) in [6.45, 7) is 0. The van der Waals surface area contributed by atoms with E-state index in [2.05, 4.69) is 10.2 Å². The highest BCUT2D eigenvalue weighted by molar-refractivity contribution is 6.20. The van der Waals surface area contributed by atoms with Gasteiger partial charge in [0.1, 0.15) is 0 Å². The highest BCUT2D eigenvalue weighted by Gasteiger charge is 2.23. The molecule has 0 spiro atoms. The maximum atomic E-state index is 6.04. The number of halogens is 1. The third-order valence-electron chi connectivity index (χ3n) is 2.62. The topological polar surface area (TPSA) is 30.7 Å². The lowest BCUT2D eigenvalue weighted by molar-refractivity contribution is 0.532. The fourth-order valence-corrected chi connectivity index (χ4v) is 2.35. The summed E-state index contributed by atoms with van der Waals surface area (Å²) >= 11 is 6.04. The van der Waals surface area contributed by atoms with Gasteiger partial charge >= 0.3 is 0 Å². The fraction of sp³-hybridized carbons (Fsp3) is 0.778. The molecule has 1 saturated carbocycles. The van der Waals surface area contributed by atoms with Crippen LogP contribution < -0.4 is 0 Å². The minimum absolute atomic E-state index is 0.390. The molecule has 2 atom stereocenters. The quantitative estimate of drug-likeness (QED) is 0.680. The first-order valence-electron chi connectivity index (χ1n) is 4.73. The van der Waals surface area contributed by atoms with Crippen LogP contribution >= 0.6 is 11.6 Å². The molecule has 0 amide bonds. The lowest BCUT2D eigenvalue weighted by Gasteiger charge is -2.04. The molecule has 0 aliphatic heterocycles. The van der Waals surface area contributed by atoms with Crippen LogP contribution in [-0.2, 0) is 13.5 Å². The molecule has 4 heteroatoms. The first-order valence-corrected chi connectivity index (χ1v) is 5.17. The Morgan fingerprint density at radius 1 is 1.62 bits per heavy atom. The summed E-state index contributed by atoms with van der Waals surface area (Å²) < 4.78 is 0. The molecular weight excluding hydrogens is 186 g/mol. The maximum Gasteiger partial charge on any atom is 0.0829 e. The van der Waals surface area contributed by atoms with Crippen molar-refractivity contribution in [3.8, 4) is 0 Å². The molecule has 0 radical (unpaired) electrons. The van der Waals surface area contributed by atoms with Crippen molar-refractivity contribution >= 4 is 11.6 Å². The smallest absolute Gasteiger partial charge is 0.0829 e. The van der Waals surface area contributed by atoms with Gasteiger partial charge in [0.15, 0.2) is 0 Å². The Labute approximate surface area is 83.1 Å². The number of hydrogen-bond donors (Lipinski definition) is 0. The SMILES string of the molecule is Cn1ncc(CC2CCC(Cl)C2)n1. The highest BCUT2D eigenvalue weighted by atomic mass is 35.5. The van der Waals surface area contributed by atoms with Crippen LogP contribution in [0.2, 0.25) is 0 Å². The van der Waals surface area contributed by atoms with Gasteiger partial charge in [-0.3, -0.25) is 0 Å². The van der Waals surface area contributed by atoms with Gasteiger partial charge in [0.25, 0.3) is 0 Å². The number of alkyl halides is 1. The summed E-state index contributed by atoms with van der Waals surface area (Å²) in [5.74, 6) is 0.721. The van der Waals surface area contributed by atoms with Gasteiger partial charge < -0.3 is 0 Å². The third kappa shape index (κ3) is 2.21. The molecule has 0 saturated heterocycles. The number of nitrogens with zero attached hydrogens (tertiary/aromatic N) is 3. The molecule has 0 N–H and O–H groups in total. The van der Waals surface area contributed by atoms with Gasteiger partial charge in [0, 0.05) is 12.4 Å². The molecule has 1 aliphatic rings. The Balaban J connectivity index is 1.91. The zero-order chi connectivity index (χ0) is 9.26. The van der Waals surface area contributed by atoms with Crippen LogP contribution in [0, 0.1) is 5.92 Å². The highest BCUT2D eigenvalue weighted by Crippen LogP contribution is 2.31. The lowest BCUT2D eigenvalue weighted by atomic mass is 10.0. The zero-order valence-electron chi connectivity index (χ0n) is 7.78. The molecule has 72 valence electrons. The normalized spacial score (nSPS) is 28.2. The Morgan fingerprint density at radius 3 is 3.00 bits per heavy atom. The van der Waals surface area contributed by atoms with E-state index in [-0.39, 0.29) is 0 Å². The van der Waals surface area contributed by atoms with E-state index in [1.807, 2.05) is 13.2 Å². The summed E-state index contributed by atoms with van der Waals surface area (Å²) in [6, 6.07) is 0. The minimum Gasteiger partial charge on any atom is -0.188 e. The average molecular weight is 200 g/mol. The number of hydrogen-bond acceptors (Lipinski definition) is 2. The fourth-order valence-electron chi connectivity index (χ4n) is 1.98. The molecule has 3 nitrogen and oxygen atoms in total. The molecule has 1 fully saturated rings. The van der Waals surface area contributed by atoms with Gasteiger partial charge in [-0.05, 0) is 31.6 Å². The van der Waals surface area contributed by atoms with E-state index in [0.717, 1.165) is 30.9 Å². The monoisotopic (exact) mass is 199 g/mol. The Hall–Kier alpha value is -0.570. The third-order valence-corrected chi connectivity index (χ3v) is 3.02. The predicted molar refractivity (Wildman–Crippen MR) is 51.7 cm³/mol. The molecule has 1 aromatic heterocycles. The average Bonchev–Trinajstić information content (AvgIpc) is 2.62. The van der Waals surface area contributed by atoms with Crippen molar-refractivity contribution in [3.05, 3.63) is 11.9 Å². The van der Waals surface area contributed by atoms with Crippen molar-refractivity contribution in [2.24, 2.45) is 13.0 Å². The van der Waals surface area contributed by atoms with Crippen molar-refractivity contribution in [1.29, 1.82) is 0 Å². The molecule has 0 aromatic carbocycles. The van der Waals surface area contributed by atoms with Crippen molar-refractivity contribution in [2.75, 3.05) is 0 Å². The van der Waals surface area contributed by atoms with Gasteiger partial charge in [-0.25, -0.2) is 0 Å². The Morgan fingerprint density at radius 2 is 2.46 bits per heavy atom. The molecule has 0 bridgehead atoms. The van der Waals surface area contributed by atoms with Crippen LogP contribution in [0.5, 0.6) is 0 Å². The number of rotatable bonds is 2. The largest absolute Gasteiger partial charge is 0.188 e. The molecule has 2 rings (SSSR count). The van der Waals surface area contributed by atoms with E-state index >= 15 is 0 Å². The predicted octanol–water partition coefficient (Wildman–Crippen LogP) is 1.77. The first-order chi connectivity index (χ1) is 6.24. The van der Waals surface area contributed by atoms with Crippen LogP contribution in [0.15, 0.2) is 6.20 Å². The van der Waals surface area contributed by atoms with Gasteiger partial charge in [0.05, 0.1) is 11.9 Å². The first kappa shape index (κ1) is 9.00. The van der Waals surface area contributed by atoms with E-state index in [1.165, 1.54) is 6.42 Å². The van der Waals surface area contributed by atoms with Gasteiger partial charge in [-0.15, -0.1) is 11.6 Å². The second-order valence-corrected chi connectivity index (χ2v) is 4.42. The number of aromatic nitrogens is 3. The van der Waals surface area contributed by atoms with Crippen molar-refractivity contribution in [1.82, 2.24) is 15.0 Å². The summed E-state index contributed by atoms with van der Waals surface area (Å²) in [7, 11) is 1.85. The van der Waals surface area contributed by atoms with E-state index in [0.29, 0.717) is 5.38 Å². The standard InChI is InChI=1S/C9H14ClN3/c1-13-11-6-9(12-13)5-7-2-3-8(10)4-7/h6-8H,2-5H2,1H3. The molecule has 2 unspecified atom stereocenters. The molecule has 1 heterocycles. The van der Waals surface area contributed by atoms with E-state index in [9.17, 15) is 0 Å². The van der Waals surface area contributed by atoms with Crippen LogP contribution in [0.3, 0.4) is 0 Å². The van der Waals surface area contributed by atoms with Crippen LogP contribution in [0.4, 0.5) is 0 Å². The molecule has 1 aromatic rings. The van der Waals surface area contributed by atoms with E-state index in [1.54, 1.807) is 4.80 Å². The summed E-state index contributed by atoms with van der Waals surface area (Å²) in [5.41, 5.74) is 1.10. The maximum absolute atomic E-state index is 6.04. The minimum atomic E-state index is 0.390. The van der Waals surface area contributed by atoms with Gasteiger partial charge in [-0.2, -0.15) is 15.0 Å². The summed E-state index contributed by atoms with van der Waals surface area (Å²) in [4.78, 5) is 1.61. The Kier molecular flexibility index (Phi) is 2.54. The van der Waals surface area contributed by atoms with Crippen LogP contribution in [0.25, 0.3) is 0 Å². The molecular formula is C9H14ClN3.